The number of aryl methyl sites for hydroxylation is 1. The second-order valence-corrected chi connectivity index (χ2v) is 8.58. The van der Waals surface area contributed by atoms with Gasteiger partial charge in [0.25, 0.3) is 5.91 Å². The molecule has 0 bridgehead atoms. The average molecular weight is 397 g/mol. The van der Waals surface area contributed by atoms with E-state index in [1.165, 1.54) is 10.4 Å². The molecular formula is C19H19N5O3S. The van der Waals surface area contributed by atoms with Crippen LogP contribution in [0, 0.1) is 6.92 Å². The molecular weight excluding hydrogens is 378 g/mol. The van der Waals surface area contributed by atoms with Crippen LogP contribution in [0.25, 0.3) is 15.9 Å². The Morgan fingerprint density at radius 2 is 2.25 bits per heavy atom. The Balaban J connectivity index is 1.58. The molecule has 1 amide bonds. The second kappa shape index (κ2) is 6.11. The van der Waals surface area contributed by atoms with Crippen LogP contribution >= 0.6 is 11.3 Å². The quantitative estimate of drug-likeness (QED) is 0.571. The number of thiophene rings is 1. The van der Waals surface area contributed by atoms with Crippen molar-refractivity contribution >= 4 is 33.1 Å². The summed E-state index contributed by atoms with van der Waals surface area (Å²) >= 11 is 1.63. The van der Waals surface area contributed by atoms with Crippen molar-refractivity contribution in [1.29, 1.82) is 0 Å². The maximum atomic E-state index is 12.6. The third-order valence-electron chi connectivity index (χ3n) is 4.88. The highest BCUT2D eigenvalue weighted by molar-refractivity contribution is 7.19. The highest BCUT2D eigenvalue weighted by Gasteiger charge is 2.31. The number of rotatable bonds is 3. The van der Waals surface area contributed by atoms with E-state index in [9.17, 15) is 4.79 Å². The Labute approximate surface area is 164 Å². The van der Waals surface area contributed by atoms with Gasteiger partial charge in [0.2, 0.25) is 5.82 Å². The Morgan fingerprint density at radius 1 is 1.39 bits per heavy atom. The molecule has 144 valence electrons. The zero-order valence-corrected chi connectivity index (χ0v) is 16.6. The summed E-state index contributed by atoms with van der Waals surface area (Å²) in [6.45, 7) is 6.88. The van der Waals surface area contributed by atoms with E-state index in [0.29, 0.717) is 23.8 Å². The third-order valence-corrected chi connectivity index (χ3v) is 5.98. The molecule has 4 aromatic rings. The largest absolute Gasteiger partial charge is 0.467 e. The number of carbonyl (C=O) groups excluding carboxylic acids is 1. The first-order valence-electron chi connectivity index (χ1n) is 9.03. The maximum absolute atomic E-state index is 12.6. The van der Waals surface area contributed by atoms with E-state index < -0.39 is 0 Å². The molecule has 0 spiro atoms. The molecule has 0 radical (unpaired) electrons. The number of amides is 1. The zero-order chi connectivity index (χ0) is 19.5. The van der Waals surface area contributed by atoms with Gasteiger partial charge in [0.15, 0.2) is 5.65 Å². The average Bonchev–Trinajstić information content (AvgIpc) is 3.36. The van der Waals surface area contributed by atoms with Gasteiger partial charge in [-0.15, -0.1) is 16.4 Å². The van der Waals surface area contributed by atoms with E-state index in [4.69, 9.17) is 14.1 Å². The van der Waals surface area contributed by atoms with Crippen LogP contribution in [0.2, 0.25) is 0 Å². The summed E-state index contributed by atoms with van der Waals surface area (Å²) in [7, 11) is 0. The summed E-state index contributed by atoms with van der Waals surface area (Å²) in [5.41, 5.74) is 1.62. The molecule has 5 heterocycles. The molecule has 0 unspecified atom stereocenters. The number of hydrogen-bond acceptors (Lipinski definition) is 7. The summed E-state index contributed by atoms with van der Waals surface area (Å²) in [5.74, 6) is 1.14. The molecule has 0 atom stereocenters. The van der Waals surface area contributed by atoms with Gasteiger partial charge >= 0.3 is 0 Å². The summed E-state index contributed by atoms with van der Waals surface area (Å²) in [6.07, 6.45) is 2.34. The number of ether oxygens (including phenoxy) is 1. The first-order valence-corrected chi connectivity index (χ1v) is 9.85. The minimum Gasteiger partial charge on any atom is -0.467 e. The lowest BCUT2D eigenvalue weighted by Crippen LogP contribution is -2.31. The van der Waals surface area contributed by atoms with Gasteiger partial charge in [-0.3, -0.25) is 4.79 Å². The van der Waals surface area contributed by atoms with Crippen molar-refractivity contribution in [2.24, 2.45) is 0 Å². The fourth-order valence-electron chi connectivity index (χ4n) is 3.50. The molecule has 1 N–H and O–H groups in total. The molecule has 9 heteroatoms. The lowest BCUT2D eigenvalue weighted by Gasteiger charge is -2.30. The molecule has 1 aliphatic heterocycles. The van der Waals surface area contributed by atoms with E-state index in [1.54, 1.807) is 34.2 Å². The molecule has 0 aromatic carbocycles. The van der Waals surface area contributed by atoms with Gasteiger partial charge in [0.1, 0.15) is 16.4 Å². The Bertz CT molecular complexity index is 1210. The lowest BCUT2D eigenvalue weighted by atomic mass is 9.94. The fourth-order valence-corrected chi connectivity index (χ4v) is 4.64. The number of furan rings is 1. The molecule has 0 saturated carbocycles. The van der Waals surface area contributed by atoms with Crippen LogP contribution in [0.5, 0.6) is 0 Å². The topological polar surface area (TPSA) is 94.6 Å². The molecule has 4 aromatic heterocycles. The Kier molecular flexibility index (Phi) is 3.78. The minimum atomic E-state index is -0.347. The number of carbonyl (C=O) groups is 1. The van der Waals surface area contributed by atoms with Crippen LogP contribution in [0.3, 0.4) is 0 Å². The summed E-state index contributed by atoms with van der Waals surface area (Å²) in [5, 5.41) is 8.16. The standard InChI is InChI=1S/C19H19N5O3S/c1-10-21-18-14(12-7-19(2,3)27-9-13(12)28-18)16-22-15(23-24(10)16)17(25)20-8-11-5-4-6-26-11/h4-6H,7-9H2,1-3H3,(H,20,25). The van der Waals surface area contributed by atoms with Crippen molar-refractivity contribution in [2.75, 3.05) is 0 Å². The van der Waals surface area contributed by atoms with E-state index in [2.05, 4.69) is 29.2 Å². The second-order valence-electron chi connectivity index (χ2n) is 7.50. The number of nitrogens with one attached hydrogen (secondary N) is 1. The fraction of sp³-hybridized carbons (Fsp3) is 0.368. The van der Waals surface area contributed by atoms with Crippen LogP contribution in [0.4, 0.5) is 0 Å². The van der Waals surface area contributed by atoms with Gasteiger partial charge in [-0.25, -0.2) is 9.97 Å². The van der Waals surface area contributed by atoms with Gasteiger partial charge in [-0.1, -0.05) is 0 Å². The summed E-state index contributed by atoms with van der Waals surface area (Å²) in [6, 6.07) is 3.58. The van der Waals surface area contributed by atoms with E-state index in [1.807, 2.05) is 6.92 Å². The van der Waals surface area contributed by atoms with Crippen molar-refractivity contribution < 1.29 is 13.9 Å². The van der Waals surface area contributed by atoms with Crippen molar-refractivity contribution in [3.63, 3.8) is 0 Å². The van der Waals surface area contributed by atoms with Crippen LogP contribution in [-0.4, -0.2) is 31.1 Å². The van der Waals surface area contributed by atoms with Crippen molar-refractivity contribution in [3.05, 3.63) is 46.2 Å². The predicted molar refractivity (Wildman–Crippen MR) is 103 cm³/mol. The smallest absolute Gasteiger partial charge is 0.291 e. The highest BCUT2D eigenvalue weighted by Crippen LogP contribution is 2.39. The highest BCUT2D eigenvalue weighted by atomic mass is 32.1. The van der Waals surface area contributed by atoms with Crippen molar-refractivity contribution in [2.45, 2.75) is 45.9 Å². The SMILES string of the molecule is Cc1nc2sc3c(c2c2nc(C(=O)NCc4ccco4)nn12)CC(C)(C)OC3. The number of hydrogen-bond donors (Lipinski definition) is 1. The van der Waals surface area contributed by atoms with Gasteiger partial charge < -0.3 is 14.5 Å². The minimum absolute atomic E-state index is 0.121. The van der Waals surface area contributed by atoms with Gasteiger partial charge in [-0.05, 0) is 38.5 Å². The molecule has 0 saturated heterocycles. The van der Waals surface area contributed by atoms with E-state index in [-0.39, 0.29) is 23.9 Å². The van der Waals surface area contributed by atoms with E-state index in [0.717, 1.165) is 16.6 Å². The maximum Gasteiger partial charge on any atom is 0.291 e. The monoisotopic (exact) mass is 397 g/mol. The van der Waals surface area contributed by atoms with Gasteiger partial charge in [-0.2, -0.15) is 4.52 Å². The van der Waals surface area contributed by atoms with E-state index >= 15 is 0 Å². The van der Waals surface area contributed by atoms with Crippen LogP contribution in [-0.2, 0) is 24.3 Å². The summed E-state index contributed by atoms with van der Waals surface area (Å²) < 4.78 is 12.8. The molecule has 0 fully saturated rings. The number of aromatic nitrogens is 4. The molecule has 0 aliphatic carbocycles. The van der Waals surface area contributed by atoms with Crippen LogP contribution < -0.4 is 5.32 Å². The summed E-state index contributed by atoms with van der Waals surface area (Å²) in [4.78, 5) is 23.9. The first kappa shape index (κ1) is 17.3. The number of nitrogens with zero attached hydrogens (tertiary/aromatic N) is 4. The Morgan fingerprint density at radius 3 is 3.04 bits per heavy atom. The van der Waals surface area contributed by atoms with Gasteiger partial charge in [0.05, 0.1) is 30.4 Å². The third kappa shape index (κ3) is 2.78. The molecule has 28 heavy (non-hydrogen) atoms. The zero-order valence-electron chi connectivity index (χ0n) is 15.8. The van der Waals surface area contributed by atoms with Gasteiger partial charge in [0, 0.05) is 11.3 Å². The molecule has 1 aliphatic rings. The molecule has 8 nitrogen and oxygen atoms in total. The lowest BCUT2D eigenvalue weighted by molar-refractivity contribution is -0.0379. The Hall–Kier alpha value is -2.78. The predicted octanol–water partition coefficient (Wildman–Crippen LogP) is 3.02. The molecule has 5 rings (SSSR count). The first-order chi connectivity index (χ1) is 13.4. The normalized spacial score (nSPS) is 15.8. The van der Waals surface area contributed by atoms with Crippen molar-refractivity contribution in [1.82, 2.24) is 24.9 Å². The van der Waals surface area contributed by atoms with Crippen molar-refractivity contribution in [3.8, 4) is 0 Å². The van der Waals surface area contributed by atoms with Crippen LogP contribution in [0.15, 0.2) is 22.8 Å². The van der Waals surface area contributed by atoms with Crippen LogP contribution in [0.1, 0.15) is 46.5 Å². The number of fused-ring (bicyclic) bond motifs is 5.